The Bertz CT molecular complexity index is 383. The number of halogens is 3. The minimum absolute atomic E-state index is 0.0936. The van der Waals surface area contributed by atoms with E-state index in [0.717, 1.165) is 12.3 Å². The van der Waals surface area contributed by atoms with Crippen LogP contribution in [-0.2, 0) is 0 Å². The van der Waals surface area contributed by atoms with E-state index in [1.807, 2.05) is 0 Å². The highest BCUT2D eigenvalue weighted by molar-refractivity contribution is 5.48. The number of nitrogens with zero attached hydrogens (tertiary/aromatic N) is 2. The van der Waals surface area contributed by atoms with Crippen molar-refractivity contribution in [3.63, 3.8) is 0 Å². The van der Waals surface area contributed by atoms with Crippen molar-refractivity contribution in [3.8, 4) is 11.9 Å². The van der Waals surface area contributed by atoms with Gasteiger partial charge < -0.3 is 10.5 Å². The fourth-order valence-electron chi connectivity index (χ4n) is 0.739. The normalized spacial score (nSPS) is 10.7. The van der Waals surface area contributed by atoms with Crippen LogP contribution < -0.4 is 10.5 Å². The van der Waals surface area contributed by atoms with Crippen molar-refractivity contribution >= 4 is 5.69 Å². The van der Waals surface area contributed by atoms with Crippen LogP contribution in [0.15, 0.2) is 12.3 Å². The summed E-state index contributed by atoms with van der Waals surface area (Å²) >= 11 is 0. The topological polar surface area (TPSA) is 71.9 Å². The van der Waals surface area contributed by atoms with Crippen molar-refractivity contribution in [1.82, 2.24) is 4.98 Å². The minimum atomic E-state index is -4.87. The summed E-state index contributed by atoms with van der Waals surface area (Å²) in [5, 5.41) is 8.45. The van der Waals surface area contributed by atoms with Crippen molar-refractivity contribution < 1.29 is 17.9 Å². The summed E-state index contributed by atoms with van der Waals surface area (Å²) in [7, 11) is 0. The Morgan fingerprint density at radius 2 is 2.14 bits per heavy atom. The van der Waals surface area contributed by atoms with Gasteiger partial charge in [0.1, 0.15) is 11.6 Å². The van der Waals surface area contributed by atoms with Gasteiger partial charge in [-0.3, -0.25) is 0 Å². The highest BCUT2D eigenvalue weighted by Crippen LogP contribution is 2.24. The van der Waals surface area contributed by atoms with E-state index < -0.39 is 12.2 Å². The maximum Gasteiger partial charge on any atom is 0.574 e. The third-order valence-corrected chi connectivity index (χ3v) is 1.21. The van der Waals surface area contributed by atoms with E-state index in [1.165, 1.54) is 6.07 Å². The van der Waals surface area contributed by atoms with Crippen molar-refractivity contribution in [1.29, 1.82) is 5.26 Å². The quantitative estimate of drug-likeness (QED) is 0.749. The molecule has 0 bridgehead atoms. The molecule has 0 spiro atoms. The number of rotatable bonds is 1. The standard InChI is InChI=1S/C7H4F3N3O/c8-7(9,10)14-6-4(2-11)1-5(12)3-13-6/h1,3H,12H2. The Labute approximate surface area is 76.7 Å². The summed E-state index contributed by atoms with van der Waals surface area (Å²) in [6.07, 6.45) is -3.89. The van der Waals surface area contributed by atoms with Crippen LogP contribution in [0.25, 0.3) is 0 Å². The van der Waals surface area contributed by atoms with Crippen molar-refractivity contribution in [2.75, 3.05) is 5.73 Å². The van der Waals surface area contributed by atoms with Gasteiger partial charge in [0.2, 0.25) is 5.88 Å². The molecule has 1 aromatic rings. The molecule has 74 valence electrons. The highest BCUT2D eigenvalue weighted by Gasteiger charge is 2.32. The number of hydrogen-bond acceptors (Lipinski definition) is 4. The predicted molar refractivity (Wildman–Crippen MR) is 40.0 cm³/mol. The largest absolute Gasteiger partial charge is 0.574 e. The lowest BCUT2D eigenvalue weighted by atomic mass is 10.3. The molecule has 0 fully saturated rings. The Morgan fingerprint density at radius 3 is 2.64 bits per heavy atom. The van der Waals surface area contributed by atoms with Crippen molar-refractivity contribution in [2.45, 2.75) is 6.36 Å². The molecule has 0 unspecified atom stereocenters. The van der Waals surface area contributed by atoms with Crippen LogP contribution in [0.5, 0.6) is 5.88 Å². The number of nitrogens with two attached hydrogens (primary N) is 1. The van der Waals surface area contributed by atoms with Crippen LogP contribution in [0.2, 0.25) is 0 Å². The predicted octanol–water partition coefficient (Wildman–Crippen LogP) is 1.43. The maximum absolute atomic E-state index is 11.8. The average Bonchev–Trinajstić information content (AvgIpc) is 2.06. The number of ether oxygens (including phenoxy) is 1. The molecule has 0 atom stereocenters. The molecule has 1 heterocycles. The SMILES string of the molecule is N#Cc1cc(N)cnc1OC(F)(F)F. The summed E-state index contributed by atoms with van der Waals surface area (Å²) < 4.78 is 38.8. The molecule has 0 saturated carbocycles. The third-order valence-electron chi connectivity index (χ3n) is 1.21. The van der Waals surface area contributed by atoms with Crippen LogP contribution in [0.4, 0.5) is 18.9 Å². The van der Waals surface area contributed by atoms with Gasteiger partial charge in [-0.1, -0.05) is 0 Å². The Kier molecular flexibility index (Phi) is 2.47. The Balaban J connectivity index is 3.05. The summed E-state index contributed by atoms with van der Waals surface area (Å²) in [5.41, 5.74) is 4.95. The molecule has 1 aromatic heterocycles. The molecule has 2 N–H and O–H groups in total. The highest BCUT2D eigenvalue weighted by atomic mass is 19.4. The van der Waals surface area contributed by atoms with E-state index in [2.05, 4.69) is 9.72 Å². The number of alkyl halides is 3. The summed E-state index contributed by atoms with van der Waals surface area (Å²) in [6.45, 7) is 0. The fourth-order valence-corrected chi connectivity index (χ4v) is 0.739. The lowest BCUT2D eigenvalue weighted by Crippen LogP contribution is -2.18. The van der Waals surface area contributed by atoms with Crippen LogP contribution in [0.1, 0.15) is 5.56 Å². The van der Waals surface area contributed by atoms with Gasteiger partial charge in [-0.15, -0.1) is 13.2 Å². The third kappa shape index (κ3) is 2.52. The first kappa shape index (κ1) is 10.1. The molecule has 1 rings (SSSR count). The number of nitrogen functional groups attached to an aromatic ring is 1. The van der Waals surface area contributed by atoms with Crippen LogP contribution in [0, 0.1) is 11.3 Å². The van der Waals surface area contributed by atoms with E-state index >= 15 is 0 Å². The minimum Gasteiger partial charge on any atom is -0.397 e. The van der Waals surface area contributed by atoms with Gasteiger partial charge in [0, 0.05) is 0 Å². The molecule has 4 nitrogen and oxygen atoms in total. The summed E-state index contributed by atoms with van der Waals surface area (Å²) in [6, 6.07) is 2.54. The van der Waals surface area contributed by atoms with Crippen molar-refractivity contribution in [3.05, 3.63) is 17.8 Å². The van der Waals surface area contributed by atoms with Gasteiger partial charge >= 0.3 is 6.36 Å². The first-order valence-corrected chi connectivity index (χ1v) is 3.34. The molecule has 0 amide bonds. The van der Waals surface area contributed by atoms with Crippen LogP contribution >= 0.6 is 0 Å². The smallest absolute Gasteiger partial charge is 0.397 e. The van der Waals surface area contributed by atoms with Gasteiger partial charge in [0.25, 0.3) is 0 Å². The molecule has 0 aliphatic carbocycles. The molecule has 0 aliphatic rings. The number of aromatic nitrogens is 1. The first-order valence-electron chi connectivity index (χ1n) is 3.34. The maximum atomic E-state index is 11.8. The Morgan fingerprint density at radius 1 is 1.50 bits per heavy atom. The van der Waals surface area contributed by atoms with E-state index in [4.69, 9.17) is 11.0 Å². The van der Waals surface area contributed by atoms with Gasteiger partial charge in [-0.25, -0.2) is 4.98 Å². The molecule has 0 aromatic carbocycles. The van der Waals surface area contributed by atoms with E-state index in [0.29, 0.717) is 0 Å². The van der Waals surface area contributed by atoms with E-state index in [1.54, 1.807) is 0 Å². The second-order valence-electron chi connectivity index (χ2n) is 2.28. The second-order valence-corrected chi connectivity index (χ2v) is 2.28. The monoisotopic (exact) mass is 203 g/mol. The zero-order chi connectivity index (χ0) is 10.8. The fraction of sp³-hybridized carbons (Fsp3) is 0.143. The van der Waals surface area contributed by atoms with Gasteiger partial charge in [-0.05, 0) is 6.07 Å². The average molecular weight is 203 g/mol. The zero-order valence-corrected chi connectivity index (χ0v) is 6.67. The molecule has 0 saturated heterocycles. The number of anilines is 1. The lowest BCUT2D eigenvalue weighted by Gasteiger charge is -2.08. The van der Waals surface area contributed by atoms with Gasteiger partial charge in [-0.2, -0.15) is 5.26 Å². The Hall–Kier alpha value is -1.97. The number of nitriles is 1. The van der Waals surface area contributed by atoms with Crippen molar-refractivity contribution in [2.24, 2.45) is 0 Å². The van der Waals surface area contributed by atoms with Gasteiger partial charge in [0.05, 0.1) is 11.9 Å². The second kappa shape index (κ2) is 3.41. The molecular formula is C7H4F3N3O. The molecule has 0 radical (unpaired) electrons. The van der Waals surface area contributed by atoms with Crippen LogP contribution in [-0.4, -0.2) is 11.3 Å². The van der Waals surface area contributed by atoms with Crippen LogP contribution in [0.3, 0.4) is 0 Å². The zero-order valence-electron chi connectivity index (χ0n) is 6.67. The first-order chi connectivity index (χ1) is 6.42. The van der Waals surface area contributed by atoms with E-state index in [9.17, 15) is 13.2 Å². The number of hydrogen-bond donors (Lipinski definition) is 1. The summed E-state index contributed by atoms with van der Waals surface area (Å²) in [5.74, 6) is -0.797. The summed E-state index contributed by atoms with van der Waals surface area (Å²) in [4.78, 5) is 3.24. The van der Waals surface area contributed by atoms with E-state index in [-0.39, 0.29) is 11.3 Å². The van der Waals surface area contributed by atoms with Gasteiger partial charge in [0.15, 0.2) is 0 Å². The molecule has 7 heteroatoms. The lowest BCUT2D eigenvalue weighted by molar-refractivity contribution is -0.276. The molecule has 14 heavy (non-hydrogen) atoms. The molecular weight excluding hydrogens is 199 g/mol. The molecule has 0 aliphatic heterocycles. The number of pyridine rings is 1.